The van der Waals surface area contributed by atoms with E-state index in [4.69, 9.17) is 10.5 Å². The average Bonchev–Trinajstić information content (AvgIpc) is 2.89. The normalized spacial score (nSPS) is 10.3. The second-order valence-electron chi connectivity index (χ2n) is 4.72. The van der Waals surface area contributed by atoms with Gasteiger partial charge in [0.25, 0.3) is 5.91 Å². The van der Waals surface area contributed by atoms with Gasteiger partial charge in [-0.15, -0.1) is 0 Å². The number of para-hydroxylation sites is 1. The topological polar surface area (TPSA) is 69.3 Å². The number of carbonyl (C=O) groups excluding carboxylic acids is 1. The molecule has 3 N–H and O–H groups in total. The number of hydrogen-bond donors (Lipinski definition) is 2. The zero-order chi connectivity index (χ0) is 15.1. The molecule has 0 bridgehead atoms. The zero-order valence-corrected chi connectivity index (χ0v) is 12.2. The smallest absolute Gasteiger partial charge is 0.267 e. The maximum absolute atomic E-state index is 12.0. The van der Waals surface area contributed by atoms with Gasteiger partial charge in [-0.05, 0) is 31.5 Å². The molecule has 0 saturated heterocycles. The number of aryl methyl sites for hydroxylation is 1. The summed E-state index contributed by atoms with van der Waals surface area (Å²) < 4.78 is 7.40. The van der Waals surface area contributed by atoms with Crippen LogP contribution < -0.4 is 15.8 Å². The molecule has 0 spiro atoms. The first-order chi connectivity index (χ1) is 10.2. The highest BCUT2D eigenvalue weighted by Crippen LogP contribution is 2.10. The quantitative estimate of drug-likeness (QED) is 0.768. The number of aromatic nitrogens is 1. The molecule has 0 aliphatic carbocycles. The zero-order valence-electron chi connectivity index (χ0n) is 12.2. The van der Waals surface area contributed by atoms with Crippen molar-refractivity contribution in [2.24, 2.45) is 0 Å². The Kier molecular flexibility index (Phi) is 5.26. The minimum absolute atomic E-state index is 0.103. The summed E-state index contributed by atoms with van der Waals surface area (Å²) in [5.41, 5.74) is 6.91. The van der Waals surface area contributed by atoms with Gasteiger partial charge in [0.05, 0.1) is 12.3 Å². The number of benzene rings is 1. The number of nitrogens with one attached hydrogen (secondary N) is 1. The third-order valence-electron chi connectivity index (χ3n) is 3.11. The Morgan fingerprint density at radius 1 is 1.33 bits per heavy atom. The predicted molar refractivity (Wildman–Crippen MR) is 83.4 cm³/mol. The molecule has 5 heteroatoms. The standard InChI is InChI=1S/C16H21N3O2/c1-2-19-12-13(17)11-15(19)16(20)18-9-6-10-21-14-7-4-3-5-8-14/h3-5,7-8,11-12H,2,6,9-10,17H2,1H3,(H,18,20). The number of nitrogens with two attached hydrogens (primary N) is 1. The average molecular weight is 287 g/mol. The fraction of sp³-hybridized carbons (Fsp3) is 0.312. The molecule has 0 aliphatic heterocycles. The molecule has 1 aromatic carbocycles. The molecule has 21 heavy (non-hydrogen) atoms. The summed E-state index contributed by atoms with van der Waals surface area (Å²) in [7, 11) is 0. The minimum atomic E-state index is -0.103. The molecule has 112 valence electrons. The van der Waals surface area contributed by atoms with Crippen molar-refractivity contribution in [2.75, 3.05) is 18.9 Å². The summed E-state index contributed by atoms with van der Waals surface area (Å²) in [6.07, 6.45) is 2.52. The van der Waals surface area contributed by atoms with Gasteiger partial charge in [-0.1, -0.05) is 18.2 Å². The molecular weight excluding hydrogens is 266 g/mol. The van der Waals surface area contributed by atoms with E-state index in [1.807, 2.05) is 41.8 Å². The molecule has 0 radical (unpaired) electrons. The molecule has 0 fully saturated rings. The number of hydrogen-bond acceptors (Lipinski definition) is 3. The van der Waals surface area contributed by atoms with Crippen molar-refractivity contribution in [1.29, 1.82) is 0 Å². The number of rotatable bonds is 7. The van der Waals surface area contributed by atoms with Gasteiger partial charge in [0, 0.05) is 19.3 Å². The molecular formula is C16H21N3O2. The van der Waals surface area contributed by atoms with Crippen LogP contribution in [0.2, 0.25) is 0 Å². The van der Waals surface area contributed by atoms with E-state index < -0.39 is 0 Å². The van der Waals surface area contributed by atoms with Crippen LogP contribution in [0.15, 0.2) is 42.6 Å². The van der Waals surface area contributed by atoms with E-state index in [2.05, 4.69) is 5.32 Å². The molecule has 0 unspecified atom stereocenters. The van der Waals surface area contributed by atoms with Crippen LogP contribution in [0, 0.1) is 0 Å². The summed E-state index contributed by atoms with van der Waals surface area (Å²) >= 11 is 0. The lowest BCUT2D eigenvalue weighted by molar-refractivity contribution is 0.0942. The van der Waals surface area contributed by atoms with Gasteiger partial charge in [-0.2, -0.15) is 0 Å². The van der Waals surface area contributed by atoms with Crippen molar-refractivity contribution in [3.05, 3.63) is 48.3 Å². The van der Waals surface area contributed by atoms with Crippen molar-refractivity contribution in [3.63, 3.8) is 0 Å². The molecule has 0 saturated carbocycles. The van der Waals surface area contributed by atoms with E-state index in [9.17, 15) is 4.79 Å². The summed E-state index contributed by atoms with van der Waals surface area (Å²) in [6, 6.07) is 11.3. The molecule has 1 heterocycles. The Morgan fingerprint density at radius 2 is 2.10 bits per heavy atom. The third kappa shape index (κ3) is 4.27. The first-order valence-electron chi connectivity index (χ1n) is 7.12. The van der Waals surface area contributed by atoms with Gasteiger partial charge < -0.3 is 20.4 Å². The fourth-order valence-electron chi connectivity index (χ4n) is 2.06. The first kappa shape index (κ1) is 15.0. The van der Waals surface area contributed by atoms with Crippen LogP contribution >= 0.6 is 0 Å². The molecule has 5 nitrogen and oxygen atoms in total. The van der Waals surface area contributed by atoms with Crippen LogP contribution in [0.4, 0.5) is 5.69 Å². The number of amides is 1. The SMILES string of the molecule is CCn1cc(N)cc1C(=O)NCCCOc1ccccc1. The van der Waals surface area contributed by atoms with Gasteiger partial charge in [0.15, 0.2) is 0 Å². The largest absolute Gasteiger partial charge is 0.494 e. The van der Waals surface area contributed by atoms with Crippen LogP contribution in [0.3, 0.4) is 0 Å². The fourth-order valence-corrected chi connectivity index (χ4v) is 2.06. The van der Waals surface area contributed by atoms with E-state index in [1.54, 1.807) is 12.3 Å². The first-order valence-corrected chi connectivity index (χ1v) is 7.12. The molecule has 2 rings (SSSR count). The predicted octanol–water partition coefficient (Wildman–Crippen LogP) is 2.29. The van der Waals surface area contributed by atoms with Gasteiger partial charge in [-0.3, -0.25) is 4.79 Å². The van der Waals surface area contributed by atoms with Gasteiger partial charge in [-0.25, -0.2) is 0 Å². The van der Waals surface area contributed by atoms with Crippen molar-refractivity contribution in [3.8, 4) is 5.75 Å². The van der Waals surface area contributed by atoms with Crippen molar-refractivity contribution < 1.29 is 9.53 Å². The Balaban J connectivity index is 1.72. The lowest BCUT2D eigenvalue weighted by Gasteiger charge is -2.08. The highest BCUT2D eigenvalue weighted by molar-refractivity contribution is 5.93. The molecule has 1 aromatic heterocycles. The van der Waals surface area contributed by atoms with Crippen molar-refractivity contribution in [1.82, 2.24) is 9.88 Å². The number of nitrogens with zero attached hydrogens (tertiary/aromatic N) is 1. The van der Waals surface area contributed by atoms with E-state index in [1.165, 1.54) is 0 Å². The summed E-state index contributed by atoms with van der Waals surface area (Å²) in [5, 5.41) is 2.88. The molecule has 0 atom stereocenters. The number of carbonyl (C=O) groups is 1. The van der Waals surface area contributed by atoms with E-state index in [-0.39, 0.29) is 5.91 Å². The summed E-state index contributed by atoms with van der Waals surface area (Å²) in [6.45, 7) is 3.84. The second kappa shape index (κ2) is 7.38. The van der Waals surface area contributed by atoms with E-state index >= 15 is 0 Å². The van der Waals surface area contributed by atoms with E-state index in [0.29, 0.717) is 24.5 Å². The maximum Gasteiger partial charge on any atom is 0.267 e. The lowest BCUT2D eigenvalue weighted by atomic mass is 10.3. The lowest BCUT2D eigenvalue weighted by Crippen LogP contribution is -2.27. The summed E-state index contributed by atoms with van der Waals surface area (Å²) in [4.78, 5) is 12.0. The van der Waals surface area contributed by atoms with Crippen LogP contribution in [-0.4, -0.2) is 23.6 Å². The maximum atomic E-state index is 12.0. The Labute approximate surface area is 124 Å². The Hall–Kier alpha value is -2.43. The highest BCUT2D eigenvalue weighted by atomic mass is 16.5. The molecule has 0 aliphatic rings. The van der Waals surface area contributed by atoms with Crippen LogP contribution in [0.1, 0.15) is 23.8 Å². The van der Waals surface area contributed by atoms with Crippen LogP contribution in [0.5, 0.6) is 5.75 Å². The van der Waals surface area contributed by atoms with Gasteiger partial charge >= 0.3 is 0 Å². The number of anilines is 1. The number of nitrogen functional groups attached to an aromatic ring is 1. The highest BCUT2D eigenvalue weighted by Gasteiger charge is 2.11. The monoisotopic (exact) mass is 287 g/mol. The van der Waals surface area contributed by atoms with Crippen LogP contribution in [0.25, 0.3) is 0 Å². The van der Waals surface area contributed by atoms with Gasteiger partial charge in [0.2, 0.25) is 0 Å². The number of ether oxygens (including phenoxy) is 1. The third-order valence-corrected chi connectivity index (χ3v) is 3.11. The summed E-state index contributed by atoms with van der Waals surface area (Å²) in [5.74, 6) is 0.740. The molecule has 2 aromatic rings. The van der Waals surface area contributed by atoms with Crippen molar-refractivity contribution >= 4 is 11.6 Å². The van der Waals surface area contributed by atoms with Crippen molar-refractivity contribution in [2.45, 2.75) is 19.9 Å². The second-order valence-corrected chi connectivity index (χ2v) is 4.72. The Bertz CT molecular complexity index is 578. The van der Waals surface area contributed by atoms with Crippen LogP contribution in [-0.2, 0) is 6.54 Å². The van der Waals surface area contributed by atoms with Gasteiger partial charge in [0.1, 0.15) is 11.4 Å². The Morgan fingerprint density at radius 3 is 2.81 bits per heavy atom. The molecule has 1 amide bonds. The van der Waals surface area contributed by atoms with E-state index in [0.717, 1.165) is 18.7 Å². The minimum Gasteiger partial charge on any atom is -0.494 e.